The van der Waals surface area contributed by atoms with Crippen molar-refractivity contribution >= 4 is 17.6 Å². The molecule has 9 heteroatoms. The first-order chi connectivity index (χ1) is 12.1. The van der Waals surface area contributed by atoms with Crippen molar-refractivity contribution in [3.8, 4) is 23.4 Å². The number of hydrogen-bond acceptors (Lipinski definition) is 8. The van der Waals surface area contributed by atoms with E-state index in [1.165, 1.54) is 10.9 Å². The Morgan fingerprint density at radius 1 is 1.20 bits per heavy atom. The summed E-state index contributed by atoms with van der Waals surface area (Å²) in [5.74, 6) is 2.14. The zero-order chi connectivity index (χ0) is 17.8. The predicted octanol–water partition coefficient (Wildman–Crippen LogP) is 1.88. The molecule has 0 aliphatic heterocycles. The number of methoxy groups -OCH3 is 2. The second-order valence-electron chi connectivity index (χ2n) is 4.91. The summed E-state index contributed by atoms with van der Waals surface area (Å²) in [6.07, 6.45) is 1.44. The van der Waals surface area contributed by atoms with E-state index in [9.17, 15) is 0 Å². The third-order valence-corrected chi connectivity index (χ3v) is 3.38. The Hall–Kier alpha value is -3.80. The quantitative estimate of drug-likeness (QED) is 0.723. The van der Waals surface area contributed by atoms with E-state index >= 15 is 0 Å². The van der Waals surface area contributed by atoms with E-state index in [1.807, 2.05) is 6.07 Å². The van der Waals surface area contributed by atoms with Gasteiger partial charge in [-0.3, -0.25) is 0 Å². The Labute approximate surface area is 143 Å². The molecule has 0 spiro atoms. The maximum absolute atomic E-state index is 8.83. The SMILES string of the molecule is COc1ccc(Nc2nc(N)n(-c3ccc(C#N)cn3)n2)c(OC)c1. The van der Waals surface area contributed by atoms with Crippen molar-refractivity contribution in [3.63, 3.8) is 0 Å². The predicted molar refractivity (Wildman–Crippen MR) is 91.1 cm³/mol. The molecule has 3 rings (SSSR count). The molecule has 0 fully saturated rings. The van der Waals surface area contributed by atoms with Crippen LogP contribution >= 0.6 is 0 Å². The molecule has 126 valence electrons. The third-order valence-electron chi connectivity index (χ3n) is 3.38. The van der Waals surface area contributed by atoms with Crippen molar-refractivity contribution in [1.82, 2.24) is 19.7 Å². The van der Waals surface area contributed by atoms with Crippen molar-refractivity contribution in [2.75, 3.05) is 25.3 Å². The lowest BCUT2D eigenvalue weighted by molar-refractivity contribution is 0.395. The summed E-state index contributed by atoms with van der Waals surface area (Å²) >= 11 is 0. The van der Waals surface area contributed by atoms with Gasteiger partial charge in [-0.2, -0.15) is 14.9 Å². The first-order valence-electron chi connectivity index (χ1n) is 7.22. The number of hydrogen-bond donors (Lipinski definition) is 2. The maximum atomic E-state index is 8.83. The van der Waals surface area contributed by atoms with Crippen LogP contribution in [0.2, 0.25) is 0 Å². The number of nitrogen functional groups attached to an aromatic ring is 1. The fourth-order valence-electron chi connectivity index (χ4n) is 2.15. The normalized spacial score (nSPS) is 10.1. The molecule has 3 N–H and O–H groups in total. The minimum Gasteiger partial charge on any atom is -0.497 e. The van der Waals surface area contributed by atoms with Crippen molar-refractivity contribution in [2.24, 2.45) is 0 Å². The van der Waals surface area contributed by atoms with Crippen LogP contribution in [0.5, 0.6) is 11.5 Å². The van der Waals surface area contributed by atoms with Crippen LogP contribution in [0.3, 0.4) is 0 Å². The fraction of sp³-hybridized carbons (Fsp3) is 0.125. The van der Waals surface area contributed by atoms with E-state index < -0.39 is 0 Å². The van der Waals surface area contributed by atoms with Gasteiger partial charge in [0.15, 0.2) is 5.82 Å². The smallest absolute Gasteiger partial charge is 0.249 e. The number of pyridine rings is 1. The lowest BCUT2D eigenvalue weighted by Crippen LogP contribution is -2.04. The molecule has 0 saturated carbocycles. The lowest BCUT2D eigenvalue weighted by Gasteiger charge is -2.10. The van der Waals surface area contributed by atoms with Crippen LogP contribution in [0.25, 0.3) is 5.82 Å². The summed E-state index contributed by atoms with van der Waals surface area (Å²) in [6, 6.07) is 10.6. The number of nitriles is 1. The zero-order valence-corrected chi connectivity index (χ0v) is 13.6. The highest BCUT2D eigenvalue weighted by atomic mass is 16.5. The van der Waals surface area contributed by atoms with Crippen molar-refractivity contribution in [3.05, 3.63) is 42.1 Å². The Balaban J connectivity index is 1.89. The maximum Gasteiger partial charge on any atom is 0.249 e. The summed E-state index contributed by atoms with van der Waals surface area (Å²) in [4.78, 5) is 8.32. The molecule has 3 aromatic rings. The second kappa shape index (κ2) is 6.76. The molecule has 0 amide bonds. The Morgan fingerprint density at radius 3 is 2.68 bits per heavy atom. The number of anilines is 3. The standard InChI is InChI=1S/C16H15N7O2/c1-24-11-4-5-12(13(7-11)25-2)20-16-21-15(18)23(22-16)14-6-3-10(8-17)9-19-14/h3-7,9H,1-2H3,(H3,18,20,21,22). The highest BCUT2D eigenvalue weighted by Gasteiger charge is 2.12. The molecular weight excluding hydrogens is 322 g/mol. The molecule has 0 bridgehead atoms. The third kappa shape index (κ3) is 3.28. The molecule has 1 aromatic carbocycles. The first-order valence-corrected chi connectivity index (χ1v) is 7.22. The van der Waals surface area contributed by atoms with E-state index in [0.717, 1.165) is 0 Å². The Kier molecular flexibility index (Phi) is 4.34. The number of nitrogens with one attached hydrogen (secondary N) is 1. The van der Waals surface area contributed by atoms with Crippen molar-refractivity contribution in [1.29, 1.82) is 5.26 Å². The van der Waals surface area contributed by atoms with Crippen LogP contribution in [0.4, 0.5) is 17.6 Å². The number of aromatic nitrogens is 4. The molecule has 0 aliphatic carbocycles. The van der Waals surface area contributed by atoms with Gasteiger partial charge in [-0.15, -0.1) is 5.10 Å². The monoisotopic (exact) mass is 337 g/mol. The van der Waals surface area contributed by atoms with Gasteiger partial charge in [0.05, 0.1) is 25.5 Å². The van der Waals surface area contributed by atoms with Crippen molar-refractivity contribution < 1.29 is 9.47 Å². The van der Waals surface area contributed by atoms with Crippen LogP contribution in [0, 0.1) is 11.3 Å². The van der Waals surface area contributed by atoms with Crippen LogP contribution < -0.4 is 20.5 Å². The van der Waals surface area contributed by atoms with Gasteiger partial charge in [-0.25, -0.2) is 4.98 Å². The first kappa shape index (κ1) is 16.1. The molecule has 0 aliphatic rings. The number of rotatable bonds is 5. The van der Waals surface area contributed by atoms with Gasteiger partial charge in [0.1, 0.15) is 17.6 Å². The summed E-state index contributed by atoms with van der Waals surface area (Å²) < 4.78 is 11.9. The second-order valence-corrected chi connectivity index (χ2v) is 4.91. The molecule has 2 heterocycles. The van der Waals surface area contributed by atoms with E-state index in [-0.39, 0.29) is 11.9 Å². The average Bonchev–Trinajstić information content (AvgIpc) is 3.02. The molecule has 25 heavy (non-hydrogen) atoms. The van der Waals surface area contributed by atoms with Gasteiger partial charge in [-0.05, 0) is 24.3 Å². The summed E-state index contributed by atoms with van der Waals surface area (Å²) in [6.45, 7) is 0. The largest absolute Gasteiger partial charge is 0.497 e. The van der Waals surface area contributed by atoms with Crippen molar-refractivity contribution in [2.45, 2.75) is 0 Å². The number of nitrogens with two attached hydrogens (primary N) is 1. The van der Waals surface area contributed by atoms with E-state index in [2.05, 4.69) is 20.4 Å². The summed E-state index contributed by atoms with van der Waals surface area (Å²) in [5, 5.41) is 16.2. The van der Waals surface area contributed by atoms with Gasteiger partial charge in [-0.1, -0.05) is 0 Å². The van der Waals surface area contributed by atoms with Gasteiger partial charge in [0.25, 0.3) is 0 Å². The molecule has 2 aromatic heterocycles. The van der Waals surface area contributed by atoms with Gasteiger partial charge >= 0.3 is 0 Å². The van der Waals surface area contributed by atoms with Crippen LogP contribution in [0.15, 0.2) is 36.5 Å². The van der Waals surface area contributed by atoms with Crippen LogP contribution in [0.1, 0.15) is 5.56 Å². The van der Waals surface area contributed by atoms with Gasteiger partial charge < -0.3 is 20.5 Å². The Morgan fingerprint density at radius 2 is 2.04 bits per heavy atom. The molecule has 0 radical (unpaired) electrons. The zero-order valence-electron chi connectivity index (χ0n) is 13.6. The highest BCUT2D eigenvalue weighted by molar-refractivity contribution is 5.64. The summed E-state index contributed by atoms with van der Waals surface area (Å²) in [7, 11) is 3.14. The minimum atomic E-state index is 0.159. The average molecular weight is 337 g/mol. The lowest BCUT2D eigenvalue weighted by atomic mass is 10.2. The number of ether oxygens (including phenoxy) is 2. The molecule has 0 saturated heterocycles. The Bertz CT molecular complexity index is 929. The topological polar surface area (TPSA) is 124 Å². The number of nitrogens with zero attached hydrogens (tertiary/aromatic N) is 5. The number of benzene rings is 1. The van der Waals surface area contributed by atoms with Crippen LogP contribution in [-0.2, 0) is 0 Å². The molecule has 0 atom stereocenters. The molecular formula is C16H15N7O2. The highest BCUT2D eigenvalue weighted by Crippen LogP contribution is 2.31. The molecule has 0 unspecified atom stereocenters. The fourth-order valence-corrected chi connectivity index (χ4v) is 2.15. The minimum absolute atomic E-state index is 0.159. The molecule has 9 nitrogen and oxygen atoms in total. The van der Waals surface area contributed by atoms with Crippen LogP contribution in [-0.4, -0.2) is 34.0 Å². The van der Waals surface area contributed by atoms with E-state index in [1.54, 1.807) is 44.6 Å². The van der Waals surface area contributed by atoms with E-state index in [4.69, 9.17) is 20.5 Å². The van der Waals surface area contributed by atoms with Gasteiger partial charge in [0, 0.05) is 12.3 Å². The van der Waals surface area contributed by atoms with Gasteiger partial charge in [0.2, 0.25) is 11.9 Å². The summed E-state index contributed by atoms with van der Waals surface area (Å²) in [5.41, 5.74) is 7.02. The van der Waals surface area contributed by atoms with E-state index in [0.29, 0.717) is 28.6 Å².